The second-order valence-corrected chi connectivity index (χ2v) is 23.9. The van der Waals surface area contributed by atoms with Gasteiger partial charge in [0, 0.05) is 39.2 Å². The summed E-state index contributed by atoms with van der Waals surface area (Å²) >= 11 is 0. The van der Waals surface area contributed by atoms with Crippen LogP contribution in [0.3, 0.4) is 0 Å². The van der Waals surface area contributed by atoms with Crippen LogP contribution in [0.2, 0.25) is 0 Å². The van der Waals surface area contributed by atoms with Gasteiger partial charge in [0.1, 0.15) is 11.2 Å². The molecule has 0 radical (unpaired) electrons. The monoisotopic (exact) mass is 1100 g/mol. The molecule has 0 fully saturated rings. The molecule has 3 aliphatic rings. The first-order valence-corrected chi connectivity index (χ1v) is 30.0. The van der Waals surface area contributed by atoms with Crippen LogP contribution in [0.25, 0.3) is 55.3 Å². The van der Waals surface area contributed by atoms with Gasteiger partial charge in [0.25, 0.3) is 0 Å². The molecule has 1 heterocycles. The second kappa shape index (κ2) is 19.2. The molecular weight excluding hydrogens is 1040 g/mol. The number of para-hydroxylation sites is 1. The molecule has 3 nitrogen and oxygen atoms in total. The summed E-state index contributed by atoms with van der Waals surface area (Å²) in [6.07, 6.45) is 0. The highest BCUT2D eigenvalue weighted by Gasteiger charge is 2.48. The summed E-state index contributed by atoms with van der Waals surface area (Å²) < 4.78 is 6.67. The van der Waals surface area contributed by atoms with E-state index in [0.29, 0.717) is 0 Å². The first kappa shape index (κ1) is 49.8. The van der Waals surface area contributed by atoms with Gasteiger partial charge < -0.3 is 14.2 Å². The molecule has 0 saturated carbocycles. The van der Waals surface area contributed by atoms with E-state index in [1.165, 1.54) is 89.0 Å². The van der Waals surface area contributed by atoms with Crippen LogP contribution in [-0.2, 0) is 16.2 Å². The summed E-state index contributed by atoms with van der Waals surface area (Å²) in [5, 5.41) is 2.15. The molecular formula is C83H58N2O. The first-order valence-electron chi connectivity index (χ1n) is 30.0. The highest BCUT2D eigenvalue weighted by Crippen LogP contribution is 2.60. The zero-order chi connectivity index (χ0) is 57.1. The van der Waals surface area contributed by atoms with Crippen molar-refractivity contribution in [2.75, 3.05) is 9.80 Å². The third-order valence-corrected chi connectivity index (χ3v) is 19.2. The smallest absolute Gasteiger partial charge is 0.137 e. The van der Waals surface area contributed by atoms with Crippen LogP contribution in [0.1, 0.15) is 69.5 Å². The van der Waals surface area contributed by atoms with Gasteiger partial charge in [-0.25, -0.2) is 0 Å². The Labute approximate surface area is 502 Å². The summed E-state index contributed by atoms with van der Waals surface area (Å²) in [7, 11) is 0. The molecule has 1 aromatic heterocycles. The maximum Gasteiger partial charge on any atom is 0.137 e. The Morgan fingerprint density at radius 3 is 1.22 bits per heavy atom. The Hall–Kier alpha value is -10.7. The van der Waals surface area contributed by atoms with Crippen LogP contribution in [0.4, 0.5) is 34.1 Å². The Balaban J connectivity index is 0.909. The molecule has 14 aromatic rings. The lowest BCUT2D eigenvalue weighted by Gasteiger charge is -2.35. The van der Waals surface area contributed by atoms with E-state index in [1.54, 1.807) is 0 Å². The highest BCUT2D eigenvalue weighted by molar-refractivity contribution is 6.13. The van der Waals surface area contributed by atoms with Crippen LogP contribution in [0.5, 0.6) is 0 Å². The third-order valence-electron chi connectivity index (χ3n) is 19.2. The number of hydrogen-bond acceptors (Lipinski definition) is 3. The molecule has 0 amide bonds. The van der Waals surface area contributed by atoms with Gasteiger partial charge in [0.15, 0.2) is 0 Å². The third kappa shape index (κ3) is 7.09. The summed E-state index contributed by atoms with van der Waals surface area (Å²) in [6.45, 7) is 4.73. The molecule has 0 N–H and O–H groups in total. The topological polar surface area (TPSA) is 19.6 Å². The Bertz CT molecular complexity index is 4890. The van der Waals surface area contributed by atoms with Crippen LogP contribution < -0.4 is 9.80 Å². The zero-order valence-electron chi connectivity index (χ0n) is 47.8. The minimum Gasteiger partial charge on any atom is -0.456 e. The van der Waals surface area contributed by atoms with Gasteiger partial charge in [-0.1, -0.05) is 257 Å². The number of hydrogen-bond donors (Lipinski definition) is 0. The highest BCUT2D eigenvalue weighted by atomic mass is 16.3. The maximum atomic E-state index is 6.67. The van der Waals surface area contributed by atoms with E-state index in [2.05, 4.69) is 339 Å². The largest absolute Gasteiger partial charge is 0.456 e. The number of anilines is 6. The summed E-state index contributed by atoms with van der Waals surface area (Å²) in [6, 6.07) is 117. The number of nitrogens with zero attached hydrogens (tertiary/aromatic N) is 2. The van der Waals surface area contributed by atoms with E-state index in [1.807, 2.05) is 0 Å². The van der Waals surface area contributed by atoms with Crippen molar-refractivity contribution < 1.29 is 4.42 Å². The molecule has 13 aromatic carbocycles. The van der Waals surface area contributed by atoms with E-state index in [9.17, 15) is 0 Å². The molecule has 0 spiro atoms. The summed E-state index contributed by atoms with van der Waals surface area (Å²) in [4.78, 5) is 4.94. The standard InChI is InChI=1S/C83H58N2O/c1-81(2)71-37-17-12-32-64(71)68-50-49-63(53-75(68)81)85(77-41-23-43-79-80(77)70-36-16-21-42-78(70)86-79)61-31-22-30-60(52-61)84(59-46-44-58(45-47-59)82(55-24-6-3-7-25-55)72-38-18-13-33-65(72)66-34-14-19-39-73(66)82)62-48-51-69-67-35-15-20-40-74(67)83(76(69)54-62,56-26-8-4-9-27-56)57-28-10-5-11-29-57/h3-54H,1-2H3. The molecule has 406 valence electrons. The fourth-order valence-corrected chi connectivity index (χ4v) is 15.6. The van der Waals surface area contributed by atoms with E-state index >= 15 is 0 Å². The average molecular weight is 1100 g/mol. The van der Waals surface area contributed by atoms with Gasteiger partial charge in [-0.15, -0.1) is 0 Å². The lowest BCUT2D eigenvalue weighted by molar-refractivity contribution is 0.660. The fourth-order valence-electron chi connectivity index (χ4n) is 15.6. The predicted octanol–water partition coefficient (Wildman–Crippen LogP) is 21.6. The van der Waals surface area contributed by atoms with Gasteiger partial charge in [-0.2, -0.15) is 0 Å². The molecule has 0 bridgehead atoms. The minimum atomic E-state index is -0.600. The van der Waals surface area contributed by atoms with Crippen LogP contribution >= 0.6 is 0 Å². The van der Waals surface area contributed by atoms with Crippen molar-refractivity contribution in [2.45, 2.75) is 30.1 Å². The lowest BCUT2D eigenvalue weighted by Crippen LogP contribution is -2.29. The maximum absolute atomic E-state index is 6.67. The van der Waals surface area contributed by atoms with E-state index in [4.69, 9.17) is 4.42 Å². The van der Waals surface area contributed by atoms with Crippen LogP contribution in [0, 0.1) is 0 Å². The number of fused-ring (bicyclic) bond motifs is 12. The molecule has 0 atom stereocenters. The average Bonchev–Trinajstić information content (AvgIpc) is 1.60. The zero-order valence-corrected chi connectivity index (χ0v) is 47.8. The van der Waals surface area contributed by atoms with Crippen LogP contribution in [-0.4, -0.2) is 0 Å². The van der Waals surface area contributed by atoms with Gasteiger partial charge in [-0.05, 0) is 162 Å². The van der Waals surface area contributed by atoms with E-state index in [0.717, 1.165) is 56.1 Å². The van der Waals surface area contributed by atoms with Gasteiger partial charge >= 0.3 is 0 Å². The Morgan fingerprint density at radius 2 is 0.640 bits per heavy atom. The summed E-state index contributed by atoms with van der Waals surface area (Å²) in [5.41, 5.74) is 26.9. The van der Waals surface area contributed by atoms with Crippen molar-refractivity contribution >= 4 is 56.1 Å². The second-order valence-electron chi connectivity index (χ2n) is 23.9. The van der Waals surface area contributed by atoms with Gasteiger partial charge in [-0.3, -0.25) is 0 Å². The number of furan rings is 1. The number of benzene rings is 13. The normalized spacial score (nSPS) is 14.2. The van der Waals surface area contributed by atoms with E-state index in [-0.39, 0.29) is 5.41 Å². The summed E-state index contributed by atoms with van der Waals surface area (Å²) in [5.74, 6) is 0. The Kier molecular flexibility index (Phi) is 11.1. The minimum absolute atomic E-state index is 0.212. The number of rotatable bonds is 10. The molecule has 3 aliphatic carbocycles. The Morgan fingerprint density at radius 1 is 0.256 bits per heavy atom. The fraction of sp³-hybridized carbons (Fsp3) is 0.0602. The van der Waals surface area contributed by atoms with Crippen molar-refractivity contribution in [2.24, 2.45) is 0 Å². The van der Waals surface area contributed by atoms with Crippen molar-refractivity contribution in [1.29, 1.82) is 0 Å². The molecule has 17 rings (SSSR count). The molecule has 3 heteroatoms. The molecule has 0 aliphatic heterocycles. The lowest BCUT2D eigenvalue weighted by atomic mass is 9.67. The van der Waals surface area contributed by atoms with Crippen LogP contribution in [0.15, 0.2) is 320 Å². The predicted molar refractivity (Wildman–Crippen MR) is 355 cm³/mol. The van der Waals surface area contributed by atoms with Crippen molar-refractivity contribution in [3.8, 4) is 33.4 Å². The van der Waals surface area contributed by atoms with Gasteiger partial charge in [0.05, 0.1) is 21.9 Å². The first-order chi connectivity index (χ1) is 42.4. The van der Waals surface area contributed by atoms with Crippen molar-refractivity contribution in [3.05, 3.63) is 371 Å². The van der Waals surface area contributed by atoms with Crippen molar-refractivity contribution in [3.63, 3.8) is 0 Å². The van der Waals surface area contributed by atoms with Gasteiger partial charge in [0.2, 0.25) is 0 Å². The molecule has 0 unspecified atom stereocenters. The van der Waals surface area contributed by atoms with E-state index < -0.39 is 10.8 Å². The molecule has 0 saturated heterocycles. The quantitative estimate of drug-likeness (QED) is 0.136. The van der Waals surface area contributed by atoms with Crippen molar-refractivity contribution in [1.82, 2.24) is 0 Å². The molecule has 86 heavy (non-hydrogen) atoms. The SMILES string of the molecule is CC1(C)c2ccccc2-c2ccc(N(c3cccc(N(c4ccc(C5(c6ccccc6)c6ccccc6-c6ccccc65)cc4)c4ccc5c(c4)C(c4ccccc4)(c4ccccc4)c4ccccc4-5)c3)c3cccc4oc5ccccc5c34)cc21.